The standard InChI is InChI=1S/C75H43N5O3/c1-3-15-44(16-4-1)73-76-74(48-29-34-55-56-35-33-50(43-70(56)83-69(55)42-48)80-61-24-10-7-19-52(61)53-20-8-11-25-62(53)80)78-75(77-73)57-23-14-28-68-72(57)60-41-47(32-38-66(60)82-68)51-22-13-27-67-71(51)59-40-46(31-37-65(59)81-67)45-30-36-64-58(39-45)54-21-9-12-26-63(54)79(64)49-17-5-2-6-18-49/h1-43H. The van der Waals surface area contributed by atoms with Gasteiger partial charge in [0.1, 0.15) is 33.5 Å². The first-order valence-corrected chi connectivity index (χ1v) is 27.9. The molecule has 0 unspecified atom stereocenters. The third kappa shape index (κ3) is 6.96. The van der Waals surface area contributed by atoms with Crippen LogP contribution >= 0.6 is 0 Å². The summed E-state index contributed by atoms with van der Waals surface area (Å²) in [5.41, 5.74) is 18.4. The monoisotopic (exact) mass is 1060 g/mol. The number of hydrogen-bond donors (Lipinski definition) is 0. The van der Waals surface area contributed by atoms with Crippen molar-refractivity contribution in [2.45, 2.75) is 0 Å². The minimum absolute atomic E-state index is 0.532. The second-order valence-corrected chi connectivity index (χ2v) is 21.4. The van der Waals surface area contributed by atoms with Gasteiger partial charge in [0.2, 0.25) is 0 Å². The SMILES string of the molecule is c1ccc(-c2nc(-c3ccc4c(c3)oc3cc(-n5c6ccccc6c6ccccc65)ccc34)nc(-c3cccc4oc5ccc(-c6cccc7oc8ccc(-c9ccc%10c(c9)c9ccccc9n%10-c9ccccc9)cc8c67)cc5c34)n2)cc1. The van der Waals surface area contributed by atoms with Crippen LogP contribution < -0.4 is 0 Å². The van der Waals surface area contributed by atoms with E-state index in [1.54, 1.807) is 0 Å². The Hall–Kier alpha value is -11.4. The fraction of sp³-hybridized carbons (Fsp3) is 0. The first kappa shape index (κ1) is 45.5. The molecule has 386 valence electrons. The van der Waals surface area contributed by atoms with Gasteiger partial charge >= 0.3 is 0 Å². The van der Waals surface area contributed by atoms with Crippen molar-refractivity contribution in [3.63, 3.8) is 0 Å². The number of fused-ring (bicyclic) bond motifs is 15. The number of benzene rings is 12. The predicted octanol–water partition coefficient (Wildman–Crippen LogP) is 20.1. The van der Waals surface area contributed by atoms with Gasteiger partial charge < -0.3 is 22.4 Å². The molecule has 18 rings (SSSR count). The summed E-state index contributed by atoms with van der Waals surface area (Å²) in [4.78, 5) is 15.7. The molecule has 0 fully saturated rings. The van der Waals surface area contributed by atoms with Crippen molar-refractivity contribution in [3.05, 3.63) is 261 Å². The Morgan fingerprint density at radius 2 is 0.699 bits per heavy atom. The molecule has 8 heteroatoms. The summed E-state index contributed by atoms with van der Waals surface area (Å²) < 4.78 is 24.7. The zero-order chi connectivity index (χ0) is 54.3. The maximum atomic E-state index is 6.76. The fourth-order valence-corrected chi connectivity index (χ4v) is 13.0. The van der Waals surface area contributed by atoms with E-state index >= 15 is 0 Å². The lowest BCUT2D eigenvalue weighted by molar-refractivity contribution is 0.668. The minimum Gasteiger partial charge on any atom is -0.456 e. The van der Waals surface area contributed by atoms with Crippen LogP contribution in [0.3, 0.4) is 0 Å². The molecule has 0 N–H and O–H groups in total. The molecule has 6 aromatic heterocycles. The molecule has 8 nitrogen and oxygen atoms in total. The maximum absolute atomic E-state index is 6.76. The summed E-state index contributed by atoms with van der Waals surface area (Å²) in [6.07, 6.45) is 0. The van der Waals surface area contributed by atoms with Gasteiger partial charge in [-0.3, -0.25) is 0 Å². The van der Waals surface area contributed by atoms with Gasteiger partial charge in [0.15, 0.2) is 17.5 Å². The Balaban J connectivity index is 0.754. The van der Waals surface area contributed by atoms with Crippen LogP contribution in [-0.4, -0.2) is 24.1 Å². The fourth-order valence-electron chi connectivity index (χ4n) is 13.0. The van der Waals surface area contributed by atoms with Crippen molar-refractivity contribution in [2.24, 2.45) is 0 Å². The molecule has 83 heavy (non-hydrogen) atoms. The summed E-state index contributed by atoms with van der Waals surface area (Å²) in [6.45, 7) is 0. The molecular weight excluding hydrogens is 1020 g/mol. The van der Waals surface area contributed by atoms with Gasteiger partial charge in [-0.05, 0) is 125 Å². The Kier molecular flexibility index (Phi) is 9.64. The summed E-state index contributed by atoms with van der Waals surface area (Å²) in [7, 11) is 0. The largest absolute Gasteiger partial charge is 0.456 e. The summed E-state index contributed by atoms with van der Waals surface area (Å²) >= 11 is 0. The van der Waals surface area contributed by atoms with Crippen molar-refractivity contribution in [3.8, 4) is 67.8 Å². The van der Waals surface area contributed by atoms with Crippen LogP contribution in [0.2, 0.25) is 0 Å². The highest BCUT2D eigenvalue weighted by Gasteiger charge is 2.22. The normalized spacial score (nSPS) is 12.1. The minimum atomic E-state index is 0.532. The van der Waals surface area contributed by atoms with E-state index in [4.69, 9.17) is 28.2 Å². The Morgan fingerprint density at radius 1 is 0.229 bits per heavy atom. The predicted molar refractivity (Wildman–Crippen MR) is 338 cm³/mol. The van der Waals surface area contributed by atoms with Gasteiger partial charge in [-0.2, -0.15) is 0 Å². The van der Waals surface area contributed by atoms with E-state index < -0.39 is 0 Å². The van der Waals surface area contributed by atoms with Crippen molar-refractivity contribution < 1.29 is 13.3 Å². The molecule has 6 heterocycles. The lowest BCUT2D eigenvalue weighted by atomic mass is 9.95. The van der Waals surface area contributed by atoms with Gasteiger partial charge in [0.25, 0.3) is 0 Å². The molecule has 12 aromatic carbocycles. The van der Waals surface area contributed by atoms with Gasteiger partial charge in [0.05, 0.1) is 22.1 Å². The molecule has 0 aliphatic rings. The van der Waals surface area contributed by atoms with Crippen LogP contribution in [0, 0.1) is 0 Å². The molecule has 0 saturated carbocycles. The molecule has 0 bridgehead atoms. The van der Waals surface area contributed by atoms with Crippen molar-refractivity contribution in [1.29, 1.82) is 0 Å². The second kappa shape index (κ2) is 17.6. The third-order valence-electron chi connectivity index (χ3n) is 16.8. The number of para-hydroxylation sites is 4. The summed E-state index contributed by atoms with van der Waals surface area (Å²) in [6, 6.07) is 91.5. The van der Waals surface area contributed by atoms with Gasteiger partial charge in [-0.15, -0.1) is 0 Å². The Labute approximate surface area is 473 Å². The Bertz CT molecular complexity index is 5650. The Morgan fingerprint density at radius 3 is 1.39 bits per heavy atom. The first-order chi connectivity index (χ1) is 41.1. The zero-order valence-electron chi connectivity index (χ0n) is 44.3. The number of nitrogens with zero attached hydrogens (tertiary/aromatic N) is 5. The molecule has 0 aliphatic carbocycles. The van der Waals surface area contributed by atoms with Crippen LogP contribution in [-0.2, 0) is 0 Å². The van der Waals surface area contributed by atoms with E-state index in [0.717, 1.165) is 127 Å². The molecular formula is C75H43N5O3. The summed E-state index contributed by atoms with van der Waals surface area (Å²) in [5.74, 6) is 1.63. The van der Waals surface area contributed by atoms with E-state index in [1.807, 2.05) is 42.5 Å². The highest BCUT2D eigenvalue weighted by Crippen LogP contribution is 2.44. The quantitative estimate of drug-likeness (QED) is 0.158. The topological polar surface area (TPSA) is 88.0 Å². The van der Waals surface area contributed by atoms with Crippen molar-refractivity contribution in [2.75, 3.05) is 0 Å². The van der Waals surface area contributed by atoms with Crippen LogP contribution in [0.1, 0.15) is 0 Å². The number of aromatic nitrogens is 5. The van der Waals surface area contributed by atoms with Gasteiger partial charge in [0, 0.05) is 88.0 Å². The van der Waals surface area contributed by atoms with Gasteiger partial charge in [-0.1, -0.05) is 152 Å². The second-order valence-electron chi connectivity index (χ2n) is 21.4. The van der Waals surface area contributed by atoms with E-state index in [-0.39, 0.29) is 0 Å². The lowest BCUT2D eigenvalue weighted by Crippen LogP contribution is -2.00. The van der Waals surface area contributed by atoms with Crippen LogP contribution in [0.15, 0.2) is 274 Å². The zero-order valence-corrected chi connectivity index (χ0v) is 44.3. The van der Waals surface area contributed by atoms with E-state index in [2.05, 4.69) is 228 Å². The number of rotatable bonds is 7. The molecule has 0 saturated heterocycles. The highest BCUT2D eigenvalue weighted by atomic mass is 16.3. The molecule has 0 amide bonds. The number of furan rings is 3. The maximum Gasteiger partial charge on any atom is 0.164 e. The van der Waals surface area contributed by atoms with Crippen LogP contribution in [0.5, 0.6) is 0 Å². The van der Waals surface area contributed by atoms with Crippen molar-refractivity contribution >= 4 is 109 Å². The lowest BCUT2D eigenvalue weighted by Gasteiger charge is -2.09. The molecule has 0 aliphatic heterocycles. The molecule has 0 radical (unpaired) electrons. The first-order valence-electron chi connectivity index (χ1n) is 27.9. The highest BCUT2D eigenvalue weighted by molar-refractivity contribution is 6.18. The van der Waals surface area contributed by atoms with E-state index in [1.165, 1.54) is 32.6 Å². The molecule has 0 atom stereocenters. The average Bonchev–Trinajstić information content (AvgIpc) is 3.66. The molecule has 0 spiro atoms. The summed E-state index contributed by atoms with van der Waals surface area (Å²) in [5, 5.41) is 10.9. The van der Waals surface area contributed by atoms with E-state index in [9.17, 15) is 0 Å². The van der Waals surface area contributed by atoms with Crippen molar-refractivity contribution in [1.82, 2.24) is 24.1 Å². The smallest absolute Gasteiger partial charge is 0.164 e. The van der Waals surface area contributed by atoms with E-state index in [0.29, 0.717) is 17.5 Å². The van der Waals surface area contributed by atoms with Crippen LogP contribution in [0.4, 0.5) is 0 Å². The van der Waals surface area contributed by atoms with Gasteiger partial charge in [-0.25, -0.2) is 15.0 Å². The third-order valence-corrected chi connectivity index (χ3v) is 16.8. The average molecular weight is 1060 g/mol. The number of hydrogen-bond acceptors (Lipinski definition) is 6. The van der Waals surface area contributed by atoms with Crippen LogP contribution in [0.25, 0.3) is 177 Å². The molecule has 18 aromatic rings.